The third-order valence-electron chi connectivity index (χ3n) is 3.23. The molecule has 1 aliphatic rings. The van der Waals surface area contributed by atoms with Crippen LogP contribution in [0.4, 0.5) is 5.69 Å². The molecule has 2 N–H and O–H groups in total. The first kappa shape index (κ1) is 13.3. The summed E-state index contributed by atoms with van der Waals surface area (Å²) in [6.45, 7) is 0.857. The molecular formula is C12H19N3O2S. The van der Waals surface area contributed by atoms with Gasteiger partial charge in [0.15, 0.2) is 0 Å². The standard InChI is InChI=1S/C12H19N3O2S/c1-17-11(16)6-12(2-3-12)9-18-5-4-15-8-10(13)7-14-15/h7-8H,2-6,9,13H2,1H3. The minimum Gasteiger partial charge on any atom is -0.469 e. The molecule has 1 aliphatic carbocycles. The molecule has 100 valence electrons. The molecule has 0 unspecified atom stereocenters. The third kappa shape index (κ3) is 3.66. The highest BCUT2D eigenvalue weighted by molar-refractivity contribution is 7.99. The maximum Gasteiger partial charge on any atom is 0.306 e. The SMILES string of the molecule is COC(=O)CC1(CSCCn2cc(N)cn2)CC1. The van der Waals surface area contributed by atoms with Gasteiger partial charge in [0.25, 0.3) is 0 Å². The highest BCUT2D eigenvalue weighted by Crippen LogP contribution is 2.51. The zero-order valence-corrected chi connectivity index (χ0v) is 11.4. The summed E-state index contributed by atoms with van der Waals surface area (Å²) in [5.74, 6) is 1.93. The lowest BCUT2D eigenvalue weighted by Crippen LogP contribution is -2.13. The van der Waals surface area contributed by atoms with E-state index in [4.69, 9.17) is 10.5 Å². The Morgan fingerprint density at radius 3 is 3.00 bits per heavy atom. The van der Waals surface area contributed by atoms with E-state index in [-0.39, 0.29) is 11.4 Å². The molecular weight excluding hydrogens is 250 g/mol. The number of hydrogen-bond donors (Lipinski definition) is 1. The highest BCUT2D eigenvalue weighted by atomic mass is 32.2. The quantitative estimate of drug-likeness (QED) is 0.600. The Balaban J connectivity index is 1.65. The van der Waals surface area contributed by atoms with Gasteiger partial charge in [-0.3, -0.25) is 9.48 Å². The van der Waals surface area contributed by atoms with Crippen LogP contribution in [0.25, 0.3) is 0 Å². The second kappa shape index (κ2) is 5.65. The molecule has 1 saturated carbocycles. The molecule has 1 heterocycles. The molecule has 18 heavy (non-hydrogen) atoms. The van der Waals surface area contributed by atoms with E-state index in [1.807, 2.05) is 22.6 Å². The van der Waals surface area contributed by atoms with Crippen molar-refractivity contribution in [2.45, 2.75) is 25.8 Å². The summed E-state index contributed by atoms with van der Waals surface area (Å²) in [4.78, 5) is 11.3. The zero-order valence-electron chi connectivity index (χ0n) is 10.6. The van der Waals surface area contributed by atoms with Gasteiger partial charge in [0.05, 0.1) is 32.0 Å². The van der Waals surface area contributed by atoms with E-state index < -0.39 is 0 Å². The summed E-state index contributed by atoms with van der Waals surface area (Å²) < 4.78 is 6.58. The molecule has 5 nitrogen and oxygen atoms in total. The molecule has 0 atom stereocenters. The van der Waals surface area contributed by atoms with Gasteiger partial charge in [-0.15, -0.1) is 0 Å². The first-order valence-corrected chi connectivity index (χ1v) is 7.21. The van der Waals surface area contributed by atoms with Crippen LogP contribution in [0.1, 0.15) is 19.3 Å². The van der Waals surface area contributed by atoms with Gasteiger partial charge in [-0.25, -0.2) is 0 Å². The van der Waals surface area contributed by atoms with E-state index in [0.29, 0.717) is 12.1 Å². The van der Waals surface area contributed by atoms with Gasteiger partial charge in [0.1, 0.15) is 0 Å². The molecule has 0 amide bonds. The van der Waals surface area contributed by atoms with E-state index in [1.54, 1.807) is 6.20 Å². The Hall–Kier alpha value is -1.17. The fraction of sp³-hybridized carbons (Fsp3) is 0.667. The number of aryl methyl sites for hydroxylation is 1. The molecule has 2 rings (SSSR count). The fourth-order valence-electron chi connectivity index (χ4n) is 1.88. The molecule has 1 aromatic rings. The third-order valence-corrected chi connectivity index (χ3v) is 4.52. The smallest absolute Gasteiger partial charge is 0.306 e. The van der Waals surface area contributed by atoms with Crippen molar-refractivity contribution < 1.29 is 9.53 Å². The van der Waals surface area contributed by atoms with Crippen LogP contribution in [0.2, 0.25) is 0 Å². The topological polar surface area (TPSA) is 70.1 Å². The van der Waals surface area contributed by atoms with Crippen LogP contribution in [0.5, 0.6) is 0 Å². The zero-order chi connectivity index (χ0) is 13.0. The van der Waals surface area contributed by atoms with Gasteiger partial charge in [0.2, 0.25) is 0 Å². The van der Waals surface area contributed by atoms with Crippen LogP contribution >= 0.6 is 11.8 Å². The number of methoxy groups -OCH3 is 1. The monoisotopic (exact) mass is 269 g/mol. The maximum atomic E-state index is 11.3. The average Bonchev–Trinajstić information content (AvgIpc) is 2.98. The minimum atomic E-state index is -0.0899. The molecule has 1 fully saturated rings. The molecule has 0 spiro atoms. The van der Waals surface area contributed by atoms with Gasteiger partial charge in [-0.2, -0.15) is 16.9 Å². The Labute approximate surface area is 111 Å². The number of rotatable bonds is 7. The number of carbonyl (C=O) groups excluding carboxylic acids is 1. The number of carbonyl (C=O) groups is 1. The van der Waals surface area contributed by atoms with Gasteiger partial charge in [0, 0.05) is 11.9 Å². The van der Waals surface area contributed by atoms with Crippen molar-refractivity contribution in [1.82, 2.24) is 9.78 Å². The number of aromatic nitrogens is 2. The van der Waals surface area contributed by atoms with E-state index in [1.165, 1.54) is 7.11 Å². The normalized spacial score (nSPS) is 16.5. The molecule has 0 aromatic carbocycles. The number of anilines is 1. The van der Waals surface area contributed by atoms with Crippen molar-refractivity contribution in [2.24, 2.45) is 5.41 Å². The molecule has 6 heteroatoms. The summed E-state index contributed by atoms with van der Waals surface area (Å²) in [5.41, 5.74) is 6.50. The van der Waals surface area contributed by atoms with Crippen molar-refractivity contribution in [3.8, 4) is 0 Å². The number of thioether (sulfide) groups is 1. The highest BCUT2D eigenvalue weighted by Gasteiger charge is 2.44. The molecule has 0 radical (unpaired) electrons. The molecule has 0 aliphatic heterocycles. The number of nitrogens with zero attached hydrogens (tertiary/aromatic N) is 2. The number of ether oxygens (including phenoxy) is 1. The number of esters is 1. The maximum absolute atomic E-state index is 11.3. The van der Waals surface area contributed by atoms with E-state index in [2.05, 4.69) is 5.10 Å². The van der Waals surface area contributed by atoms with Gasteiger partial charge < -0.3 is 10.5 Å². The lowest BCUT2D eigenvalue weighted by atomic mass is 10.1. The number of hydrogen-bond acceptors (Lipinski definition) is 5. The van der Waals surface area contributed by atoms with Crippen LogP contribution in [-0.2, 0) is 16.1 Å². The minimum absolute atomic E-state index is 0.0899. The second-order valence-electron chi connectivity index (χ2n) is 4.84. The average molecular weight is 269 g/mol. The first-order chi connectivity index (χ1) is 8.63. The van der Waals surface area contributed by atoms with E-state index in [0.717, 1.165) is 30.9 Å². The summed E-state index contributed by atoms with van der Waals surface area (Å²) in [5, 5.41) is 4.13. The van der Waals surface area contributed by atoms with Crippen LogP contribution in [0.3, 0.4) is 0 Å². The Morgan fingerprint density at radius 2 is 2.44 bits per heavy atom. The summed E-state index contributed by atoms with van der Waals surface area (Å²) >= 11 is 1.87. The van der Waals surface area contributed by atoms with Gasteiger partial charge >= 0.3 is 5.97 Å². The number of nitrogen functional groups attached to an aromatic ring is 1. The van der Waals surface area contributed by atoms with Crippen LogP contribution in [-0.4, -0.2) is 34.4 Å². The largest absolute Gasteiger partial charge is 0.469 e. The van der Waals surface area contributed by atoms with Crippen LogP contribution < -0.4 is 5.73 Å². The molecule has 0 saturated heterocycles. The van der Waals surface area contributed by atoms with E-state index in [9.17, 15) is 4.79 Å². The lowest BCUT2D eigenvalue weighted by Gasteiger charge is -2.12. The summed E-state index contributed by atoms with van der Waals surface area (Å²) in [6, 6.07) is 0. The lowest BCUT2D eigenvalue weighted by molar-refractivity contribution is -0.141. The van der Waals surface area contributed by atoms with Crippen LogP contribution in [0.15, 0.2) is 12.4 Å². The van der Waals surface area contributed by atoms with Gasteiger partial charge in [-0.1, -0.05) is 0 Å². The Bertz CT molecular complexity index is 415. The number of nitrogens with two attached hydrogens (primary N) is 1. The van der Waals surface area contributed by atoms with Crippen molar-refractivity contribution in [3.05, 3.63) is 12.4 Å². The second-order valence-corrected chi connectivity index (χ2v) is 5.95. The predicted octanol–water partition coefficient (Wildman–Crippen LogP) is 1.54. The van der Waals surface area contributed by atoms with E-state index >= 15 is 0 Å². The summed E-state index contributed by atoms with van der Waals surface area (Å²) in [6.07, 6.45) is 6.34. The molecule has 0 bridgehead atoms. The van der Waals surface area contributed by atoms with Crippen molar-refractivity contribution in [3.63, 3.8) is 0 Å². The Morgan fingerprint density at radius 1 is 1.67 bits per heavy atom. The summed E-state index contributed by atoms with van der Waals surface area (Å²) in [7, 11) is 1.45. The first-order valence-electron chi connectivity index (χ1n) is 6.06. The van der Waals surface area contributed by atoms with Crippen molar-refractivity contribution >= 4 is 23.4 Å². The van der Waals surface area contributed by atoms with Crippen LogP contribution in [0, 0.1) is 5.41 Å². The predicted molar refractivity (Wildman–Crippen MR) is 72.3 cm³/mol. The van der Waals surface area contributed by atoms with Crippen molar-refractivity contribution in [2.75, 3.05) is 24.3 Å². The van der Waals surface area contributed by atoms with Gasteiger partial charge in [-0.05, 0) is 24.0 Å². The molecule has 1 aromatic heterocycles. The Kier molecular flexibility index (Phi) is 4.16. The fourth-order valence-corrected chi connectivity index (χ4v) is 3.16. The van der Waals surface area contributed by atoms with Crippen molar-refractivity contribution in [1.29, 1.82) is 0 Å².